The molecule has 2 aliphatic heterocycles. The molecule has 8 nitrogen and oxygen atoms in total. The topological polar surface area (TPSA) is 99.9 Å². The first-order chi connectivity index (χ1) is 16.9. The smallest absolute Gasteiger partial charge is 0.314 e. The number of methoxy groups -OCH3 is 1. The van der Waals surface area contributed by atoms with Gasteiger partial charge in [-0.3, -0.25) is 14.4 Å². The predicted octanol–water partition coefficient (Wildman–Crippen LogP) is 2.77. The van der Waals surface area contributed by atoms with Crippen molar-refractivity contribution in [2.24, 2.45) is 5.92 Å². The largest absolute Gasteiger partial charge is 0.466 e. The zero-order valence-corrected chi connectivity index (χ0v) is 20.0. The molecule has 2 aliphatic rings. The Balaban J connectivity index is 1.64. The monoisotopic (exact) mass is 475 g/mol. The Kier molecular flexibility index (Phi) is 7.17. The number of nitrogens with zero attached hydrogens (tertiary/aromatic N) is 3. The van der Waals surface area contributed by atoms with Crippen molar-refractivity contribution in [3.8, 4) is 6.07 Å². The van der Waals surface area contributed by atoms with Gasteiger partial charge in [-0.05, 0) is 43.5 Å². The molecule has 0 radical (unpaired) electrons. The van der Waals surface area contributed by atoms with Gasteiger partial charge in [-0.2, -0.15) is 5.26 Å². The first-order valence-corrected chi connectivity index (χ1v) is 11.8. The molecule has 0 unspecified atom stereocenters. The summed E-state index contributed by atoms with van der Waals surface area (Å²) in [5.41, 5.74) is 0.988. The molecule has 2 fully saturated rings. The first kappa shape index (κ1) is 24.4. The third-order valence-corrected chi connectivity index (χ3v) is 7.06. The fourth-order valence-corrected chi connectivity index (χ4v) is 5.36. The molecule has 2 heterocycles. The van der Waals surface area contributed by atoms with Crippen LogP contribution in [-0.2, 0) is 25.6 Å². The van der Waals surface area contributed by atoms with E-state index in [1.807, 2.05) is 30.3 Å². The Bertz CT molecular complexity index is 1140. The van der Waals surface area contributed by atoms with E-state index >= 15 is 0 Å². The van der Waals surface area contributed by atoms with Crippen molar-refractivity contribution in [2.45, 2.75) is 38.0 Å². The third-order valence-electron chi connectivity index (χ3n) is 7.06. The summed E-state index contributed by atoms with van der Waals surface area (Å²) in [6.45, 7) is 3.00. The van der Waals surface area contributed by atoms with Gasteiger partial charge < -0.3 is 19.3 Å². The minimum Gasteiger partial charge on any atom is -0.466 e. The first-order valence-electron chi connectivity index (χ1n) is 11.8. The fraction of sp³-hybridized carbons (Fsp3) is 0.407. The van der Waals surface area contributed by atoms with Crippen molar-refractivity contribution in [1.29, 1.82) is 5.26 Å². The van der Waals surface area contributed by atoms with E-state index in [2.05, 4.69) is 6.07 Å². The normalized spacial score (nSPS) is 21.1. The summed E-state index contributed by atoms with van der Waals surface area (Å²) in [5.74, 6) is -1.66. The Hall–Kier alpha value is -3.70. The van der Waals surface area contributed by atoms with Crippen LogP contribution in [0.4, 0.5) is 0 Å². The van der Waals surface area contributed by atoms with E-state index < -0.39 is 23.5 Å². The van der Waals surface area contributed by atoms with Crippen LogP contribution in [0, 0.1) is 17.2 Å². The summed E-state index contributed by atoms with van der Waals surface area (Å²) in [4.78, 5) is 43.3. The number of hydrogen-bond acceptors (Lipinski definition) is 6. The number of carbonyl (C=O) groups is 3. The highest BCUT2D eigenvalue weighted by molar-refractivity contribution is 5.95. The van der Waals surface area contributed by atoms with Gasteiger partial charge in [0.2, 0.25) is 0 Å². The molecule has 1 spiro atoms. The standard InChI is InChI=1S/C27H29N3O5/c1-3-35-26(33)22-23(34-2)25(32)30(18-19-8-5-4-6-9-19)27(22)12-14-29(15-13-27)24(31)21-11-7-10-20(16-21)17-28/h4-11,16,22-23H,3,12-15,18H2,1-2H3/t22-,23+/m0/s1. The van der Waals surface area contributed by atoms with Gasteiger partial charge in [-0.15, -0.1) is 0 Å². The van der Waals surface area contributed by atoms with Crippen LogP contribution in [0.25, 0.3) is 0 Å². The molecule has 4 rings (SSSR count). The zero-order valence-electron chi connectivity index (χ0n) is 20.0. The average molecular weight is 476 g/mol. The number of hydrogen-bond donors (Lipinski definition) is 0. The van der Waals surface area contributed by atoms with Crippen molar-refractivity contribution in [2.75, 3.05) is 26.8 Å². The van der Waals surface area contributed by atoms with E-state index in [1.165, 1.54) is 7.11 Å². The lowest BCUT2D eigenvalue weighted by Crippen LogP contribution is -2.58. The molecule has 2 aromatic rings. The Morgan fingerprint density at radius 2 is 1.83 bits per heavy atom. The second-order valence-corrected chi connectivity index (χ2v) is 8.88. The van der Waals surface area contributed by atoms with Crippen molar-refractivity contribution >= 4 is 17.8 Å². The Morgan fingerprint density at radius 3 is 2.46 bits per heavy atom. The minimum absolute atomic E-state index is 0.174. The SMILES string of the molecule is CCOC(=O)[C@@H]1[C@@H](OC)C(=O)N(Cc2ccccc2)C12CCN(C(=O)c1cccc(C#N)c1)CC2. The molecule has 35 heavy (non-hydrogen) atoms. The lowest BCUT2D eigenvalue weighted by molar-refractivity contribution is -0.157. The number of benzene rings is 2. The second kappa shape index (κ2) is 10.3. The summed E-state index contributed by atoms with van der Waals surface area (Å²) >= 11 is 0. The highest BCUT2D eigenvalue weighted by Gasteiger charge is 2.63. The van der Waals surface area contributed by atoms with Crippen LogP contribution < -0.4 is 0 Å². The maximum Gasteiger partial charge on any atom is 0.314 e. The number of rotatable bonds is 6. The summed E-state index contributed by atoms with van der Waals surface area (Å²) in [6.07, 6.45) is -0.107. The van der Waals surface area contributed by atoms with E-state index in [0.717, 1.165) is 5.56 Å². The maximum absolute atomic E-state index is 13.5. The highest BCUT2D eigenvalue weighted by atomic mass is 16.5. The minimum atomic E-state index is -0.938. The van der Waals surface area contributed by atoms with Crippen LogP contribution >= 0.6 is 0 Å². The van der Waals surface area contributed by atoms with Crippen LogP contribution in [0.15, 0.2) is 54.6 Å². The highest BCUT2D eigenvalue weighted by Crippen LogP contribution is 2.46. The van der Waals surface area contributed by atoms with E-state index in [1.54, 1.807) is 41.0 Å². The number of esters is 1. The van der Waals surface area contributed by atoms with Crippen LogP contribution in [-0.4, -0.2) is 66.0 Å². The second-order valence-electron chi connectivity index (χ2n) is 8.88. The molecule has 2 aromatic carbocycles. The molecular formula is C27H29N3O5. The number of likely N-dealkylation sites (tertiary alicyclic amines) is 2. The quantitative estimate of drug-likeness (QED) is 0.596. The van der Waals surface area contributed by atoms with Gasteiger partial charge >= 0.3 is 5.97 Å². The fourth-order valence-electron chi connectivity index (χ4n) is 5.36. The molecule has 8 heteroatoms. The van der Waals surface area contributed by atoms with E-state index in [9.17, 15) is 19.6 Å². The Morgan fingerprint density at radius 1 is 1.11 bits per heavy atom. The van der Waals surface area contributed by atoms with Gasteiger partial charge in [0.25, 0.3) is 11.8 Å². The van der Waals surface area contributed by atoms with Gasteiger partial charge in [0, 0.05) is 32.3 Å². The van der Waals surface area contributed by atoms with Crippen molar-refractivity contribution in [3.63, 3.8) is 0 Å². The average Bonchev–Trinajstić information content (AvgIpc) is 3.11. The molecule has 182 valence electrons. The lowest BCUT2D eigenvalue weighted by atomic mass is 9.75. The lowest BCUT2D eigenvalue weighted by Gasteiger charge is -2.47. The van der Waals surface area contributed by atoms with Crippen molar-refractivity contribution in [3.05, 3.63) is 71.3 Å². The Labute approximate surface area is 205 Å². The molecule has 2 amide bonds. The van der Waals surface area contributed by atoms with Crippen LogP contribution in [0.3, 0.4) is 0 Å². The summed E-state index contributed by atoms with van der Waals surface area (Å²) in [6, 6.07) is 18.3. The number of ether oxygens (including phenoxy) is 2. The summed E-state index contributed by atoms with van der Waals surface area (Å²) < 4.78 is 11.0. The van der Waals surface area contributed by atoms with Crippen LogP contribution in [0.5, 0.6) is 0 Å². The maximum atomic E-state index is 13.5. The molecular weight excluding hydrogens is 446 g/mol. The van der Waals surface area contributed by atoms with E-state index in [0.29, 0.717) is 43.6 Å². The third kappa shape index (κ3) is 4.52. The van der Waals surface area contributed by atoms with Gasteiger partial charge in [-0.25, -0.2) is 0 Å². The molecule has 0 saturated carbocycles. The number of nitriles is 1. The molecule has 2 saturated heterocycles. The summed E-state index contributed by atoms with van der Waals surface area (Å²) in [5, 5.41) is 9.17. The predicted molar refractivity (Wildman–Crippen MR) is 127 cm³/mol. The molecule has 0 bridgehead atoms. The number of amides is 2. The molecule has 0 aliphatic carbocycles. The van der Waals surface area contributed by atoms with Crippen molar-refractivity contribution in [1.82, 2.24) is 9.80 Å². The van der Waals surface area contributed by atoms with Crippen molar-refractivity contribution < 1.29 is 23.9 Å². The molecule has 2 atom stereocenters. The van der Waals surface area contributed by atoms with Crippen LogP contribution in [0.2, 0.25) is 0 Å². The van der Waals surface area contributed by atoms with E-state index in [-0.39, 0.29) is 18.4 Å². The number of carbonyl (C=O) groups excluding carboxylic acids is 3. The van der Waals surface area contributed by atoms with Gasteiger partial charge in [-0.1, -0.05) is 36.4 Å². The molecule has 0 N–H and O–H groups in total. The van der Waals surface area contributed by atoms with E-state index in [4.69, 9.17) is 9.47 Å². The molecule has 0 aromatic heterocycles. The number of piperidine rings is 1. The van der Waals surface area contributed by atoms with Gasteiger partial charge in [0.05, 0.1) is 23.8 Å². The van der Waals surface area contributed by atoms with Gasteiger partial charge in [0.15, 0.2) is 6.10 Å². The van der Waals surface area contributed by atoms with Crippen LogP contribution in [0.1, 0.15) is 41.3 Å². The summed E-state index contributed by atoms with van der Waals surface area (Å²) in [7, 11) is 1.44. The zero-order chi connectivity index (χ0) is 25.0. The van der Waals surface area contributed by atoms with Gasteiger partial charge in [0.1, 0.15) is 5.92 Å².